The van der Waals surface area contributed by atoms with E-state index in [0.717, 1.165) is 18.3 Å². The van der Waals surface area contributed by atoms with E-state index in [4.69, 9.17) is 11.6 Å². The van der Waals surface area contributed by atoms with E-state index in [0.29, 0.717) is 11.2 Å². The second kappa shape index (κ2) is 4.81. The molecule has 1 saturated heterocycles. The van der Waals surface area contributed by atoms with Crippen LogP contribution in [0.4, 0.5) is 5.82 Å². The lowest BCUT2D eigenvalue weighted by molar-refractivity contribution is 0.242. The molecule has 3 nitrogen and oxygen atoms in total. The summed E-state index contributed by atoms with van der Waals surface area (Å²) >= 11 is 5.96. The van der Waals surface area contributed by atoms with E-state index in [1.54, 1.807) is 6.33 Å². The molecule has 0 unspecified atom stereocenters. The largest absolute Gasteiger partial charge is 0.353 e. The van der Waals surface area contributed by atoms with Crippen molar-refractivity contribution in [1.82, 2.24) is 9.97 Å². The summed E-state index contributed by atoms with van der Waals surface area (Å²) < 4.78 is 0. The molecule has 2 aliphatic rings. The van der Waals surface area contributed by atoms with E-state index in [1.165, 1.54) is 38.5 Å². The van der Waals surface area contributed by atoms with Crippen LogP contribution < -0.4 is 4.90 Å². The summed E-state index contributed by atoms with van der Waals surface area (Å²) in [7, 11) is 0. The molecular formula is C13H18ClN3. The van der Waals surface area contributed by atoms with Crippen LogP contribution in [0.5, 0.6) is 0 Å². The summed E-state index contributed by atoms with van der Waals surface area (Å²) in [6.45, 7) is 1.12. The molecule has 92 valence electrons. The summed E-state index contributed by atoms with van der Waals surface area (Å²) in [6.07, 6.45) is 9.70. The van der Waals surface area contributed by atoms with E-state index in [9.17, 15) is 0 Å². The minimum absolute atomic E-state index is 0.549. The number of piperidine rings is 1. The Bertz CT molecular complexity index is 394. The first-order chi connectivity index (χ1) is 8.34. The van der Waals surface area contributed by atoms with Crippen molar-refractivity contribution in [2.75, 3.05) is 11.4 Å². The Morgan fingerprint density at radius 2 is 1.94 bits per heavy atom. The summed E-state index contributed by atoms with van der Waals surface area (Å²) in [5, 5.41) is 0.549. The Labute approximate surface area is 107 Å². The Kier molecular flexibility index (Phi) is 3.19. The van der Waals surface area contributed by atoms with Gasteiger partial charge >= 0.3 is 0 Å². The van der Waals surface area contributed by atoms with Crippen LogP contribution in [0.1, 0.15) is 38.5 Å². The predicted octanol–water partition coefficient (Wildman–Crippen LogP) is 3.29. The van der Waals surface area contributed by atoms with Gasteiger partial charge in [0.1, 0.15) is 17.3 Å². The molecule has 4 heteroatoms. The summed E-state index contributed by atoms with van der Waals surface area (Å²) in [6, 6.07) is 2.59. The highest BCUT2D eigenvalue weighted by molar-refractivity contribution is 6.29. The van der Waals surface area contributed by atoms with Gasteiger partial charge in [-0.3, -0.25) is 0 Å². The van der Waals surface area contributed by atoms with Crippen LogP contribution in [0.25, 0.3) is 0 Å². The van der Waals surface area contributed by atoms with Gasteiger partial charge in [-0.25, -0.2) is 9.97 Å². The van der Waals surface area contributed by atoms with Crippen LogP contribution in [-0.4, -0.2) is 22.6 Å². The molecule has 2 atom stereocenters. The van der Waals surface area contributed by atoms with Crippen molar-refractivity contribution >= 4 is 17.4 Å². The zero-order valence-electron chi connectivity index (χ0n) is 9.98. The number of halogens is 1. The first-order valence-corrected chi connectivity index (χ1v) is 6.96. The smallest absolute Gasteiger partial charge is 0.134 e. The lowest BCUT2D eigenvalue weighted by atomic mass is 9.78. The number of nitrogens with zero attached hydrogens (tertiary/aromatic N) is 3. The molecule has 1 aliphatic carbocycles. The molecule has 0 spiro atoms. The zero-order valence-corrected chi connectivity index (χ0v) is 10.7. The molecule has 0 N–H and O–H groups in total. The Balaban J connectivity index is 1.85. The van der Waals surface area contributed by atoms with Gasteiger partial charge in [-0.15, -0.1) is 0 Å². The van der Waals surface area contributed by atoms with Crippen LogP contribution in [0.15, 0.2) is 12.4 Å². The van der Waals surface area contributed by atoms with Crippen molar-refractivity contribution in [3.63, 3.8) is 0 Å². The van der Waals surface area contributed by atoms with Crippen LogP contribution in [-0.2, 0) is 0 Å². The van der Waals surface area contributed by atoms with Crippen molar-refractivity contribution in [3.05, 3.63) is 17.5 Å². The van der Waals surface area contributed by atoms with E-state index >= 15 is 0 Å². The number of fused-ring (bicyclic) bond motifs is 1. The number of hydrogen-bond acceptors (Lipinski definition) is 3. The van der Waals surface area contributed by atoms with Gasteiger partial charge in [0.15, 0.2) is 0 Å². The topological polar surface area (TPSA) is 29.0 Å². The van der Waals surface area contributed by atoms with Gasteiger partial charge in [-0.05, 0) is 31.6 Å². The van der Waals surface area contributed by atoms with Crippen molar-refractivity contribution in [2.24, 2.45) is 5.92 Å². The fourth-order valence-corrected chi connectivity index (χ4v) is 3.53. The number of hydrogen-bond donors (Lipinski definition) is 0. The van der Waals surface area contributed by atoms with Crippen LogP contribution in [0.3, 0.4) is 0 Å². The molecule has 1 saturated carbocycles. The SMILES string of the molecule is Clc1cc(N2CCC[C@H]3CCCC[C@H]32)ncn1. The average molecular weight is 252 g/mol. The van der Waals surface area contributed by atoms with E-state index < -0.39 is 0 Å². The van der Waals surface area contributed by atoms with E-state index in [-0.39, 0.29) is 0 Å². The van der Waals surface area contributed by atoms with Crippen molar-refractivity contribution in [3.8, 4) is 0 Å². The monoisotopic (exact) mass is 251 g/mol. The van der Waals surface area contributed by atoms with Gasteiger partial charge in [0, 0.05) is 18.7 Å². The molecular weight excluding hydrogens is 234 g/mol. The maximum absolute atomic E-state index is 5.96. The summed E-state index contributed by atoms with van der Waals surface area (Å²) in [5.74, 6) is 1.88. The summed E-state index contributed by atoms with van der Waals surface area (Å²) in [4.78, 5) is 10.8. The molecule has 3 rings (SSSR count). The standard InChI is InChI=1S/C13H18ClN3/c14-12-8-13(16-9-15-12)17-7-3-5-10-4-1-2-6-11(10)17/h8-11H,1-7H2/t10-,11-/m1/s1. The third-order valence-corrected chi connectivity index (χ3v) is 4.36. The number of rotatable bonds is 1. The second-order valence-electron chi connectivity index (χ2n) is 5.15. The van der Waals surface area contributed by atoms with Crippen molar-refractivity contribution in [1.29, 1.82) is 0 Å². The van der Waals surface area contributed by atoms with E-state index in [1.807, 2.05) is 6.07 Å². The Morgan fingerprint density at radius 1 is 1.12 bits per heavy atom. The highest BCUT2D eigenvalue weighted by atomic mass is 35.5. The highest BCUT2D eigenvalue weighted by Crippen LogP contribution is 2.37. The Morgan fingerprint density at radius 3 is 2.82 bits per heavy atom. The van der Waals surface area contributed by atoms with Crippen molar-refractivity contribution < 1.29 is 0 Å². The van der Waals surface area contributed by atoms with Gasteiger partial charge in [0.05, 0.1) is 0 Å². The molecule has 2 heterocycles. The normalized spacial score (nSPS) is 28.9. The number of aromatic nitrogens is 2. The summed E-state index contributed by atoms with van der Waals surface area (Å²) in [5.41, 5.74) is 0. The maximum atomic E-state index is 5.96. The van der Waals surface area contributed by atoms with Crippen molar-refractivity contribution in [2.45, 2.75) is 44.6 Å². The third kappa shape index (κ3) is 2.25. The molecule has 0 radical (unpaired) electrons. The Hall–Kier alpha value is -0.830. The molecule has 17 heavy (non-hydrogen) atoms. The number of anilines is 1. The van der Waals surface area contributed by atoms with E-state index in [2.05, 4.69) is 14.9 Å². The molecule has 1 aromatic heterocycles. The average Bonchev–Trinajstić information content (AvgIpc) is 2.38. The minimum Gasteiger partial charge on any atom is -0.353 e. The van der Waals surface area contributed by atoms with Crippen LogP contribution in [0.2, 0.25) is 5.15 Å². The van der Waals surface area contributed by atoms with Crippen LogP contribution in [0, 0.1) is 5.92 Å². The molecule has 2 fully saturated rings. The molecule has 0 aromatic carbocycles. The lowest BCUT2D eigenvalue weighted by Crippen LogP contribution is -2.47. The first-order valence-electron chi connectivity index (χ1n) is 6.59. The minimum atomic E-state index is 0.549. The van der Waals surface area contributed by atoms with Gasteiger partial charge in [0.2, 0.25) is 0 Å². The lowest BCUT2D eigenvalue weighted by Gasteiger charge is -2.44. The zero-order chi connectivity index (χ0) is 11.7. The van der Waals surface area contributed by atoms with Gasteiger partial charge in [-0.1, -0.05) is 24.4 Å². The molecule has 1 aromatic rings. The molecule has 1 aliphatic heterocycles. The van der Waals surface area contributed by atoms with Gasteiger partial charge < -0.3 is 4.90 Å². The first kappa shape index (κ1) is 11.3. The fourth-order valence-electron chi connectivity index (χ4n) is 3.39. The molecule has 0 bridgehead atoms. The fraction of sp³-hybridized carbons (Fsp3) is 0.692. The van der Waals surface area contributed by atoms with Gasteiger partial charge in [-0.2, -0.15) is 0 Å². The highest BCUT2D eigenvalue weighted by Gasteiger charge is 2.33. The molecule has 0 amide bonds. The van der Waals surface area contributed by atoms with Gasteiger partial charge in [0.25, 0.3) is 0 Å². The second-order valence-corrected chi connectivity index (χ2v) is 5.53. The third-order valence-electron chi connectivity index (χ3n) is 4.16. The quantitative estimate of drug-likeness (QED) is 0.718. The van der Waals surface area contributed by atoms with Crippen LogP contribution >= 0.6 is 11.6 Å². The predicted molar refractivity (Wildman–Crippen MR) is 69.4 cm³/mol. The maximum Gasteiger partial charge on any atom is 0.134 e.